The van der Waals surface area contributed by atoms with Gasteiger partial charge in [-0.15, -0.1) is 0 Å². The summed E-state index contributed by atoms with van der Waals surface area (Å²) < 4.78 is 10.8. The minimum absolute atomic E-state index is 0.255. The van der Waals surface area contributed by atoms with Gasteiger partial charge in [0.25, 0.3) is 0 Å². The summed E-state index contributed by atoms with van der Waals surface area (Å²) in [5.41, 5.74) is 0.255. The number of rotatable bonds is 7. The molecule has 0 radical (unpaired) electrons. The number of ether oxygens (including phenoxy) is 1. The maximum absolute atomic E-state index is 5.79. The highest BCUT2D eigenvalue weighted by Crippen LogP contribution is 2.45. The molecule has 1 aliphatic carbocycles. The number of aromatic nitrogens is 2. The largest absolute Gasteiger partial charge is 0.378 e. The van der Waals surface area contributed by atoms with E-state index in [-0.39, 0.29) is 5.41 Å². The molecular formula is C13H23N3O2. The third-order valence-corrected chi connectivity index (χ3v) is 4.25. The van der Waals surface area contributed by atoms with Gasteiger partial charge in [-0.3, -0.25) is 0 Å². The van der Waals surface area contributed by atoms with Gasteiger partial charge in [0.2, 0.25) is 5.89 Å². The molecule has 1 N–H and O–H groups in total. The highest BCUT2D eigenvalue weighted by Gasteiger charge is 2.50. The van der Waals surface area contributed by atoms with Crippen molar-refractivity contribution in [3.8, 4) is 0 Å². The fourth-order valence-electron chi connectivity index (χ4n) is 2.73. The lowest BCUT2D eigenvalue weighted by Gasteiger charge is -2.53. The van der Waals surface area contributed by atoms with Crippen LogP contribution < -0.4 is 5.32 Å². The molecule has 2 rings (SSSR count). The maximum Gasteiger partial charge on any atom is 0.227 e. The van der Waals surface area contributed by atoms with Gasteiger partial charge in [0.1, 0.15) is 0 Å². The first-order valence-electron chi connectivity index (χ1n) is 6.81. The topological polar surface area (TPSA) is 60.2 Å². The summed E-state index contributed by atoms with van der Waals surface area (Å²) >= 11 is 0. The van der Waals surface area contributed by atoms with Gasteiger partial charge >= 0.3 is 0 Å². The number of nitrogens with one attached hydrogen (secondary N) is 1. The van der Waals surface area contributed by atoms with Gasteiger partial charge < -0.3 is 14.6 Å². The normalized spacial score (nSPS) is 31.3. The standard InChI is InChI=1S/C13H23N3O2/c1-4-13(3)10(8-11(13)17-5-2)14-7-6-12-15-9-16-18-12/h9-11,14H,4-8H2,1-3H3. The molecule has 1 heterocycles. The van der Waals surface area contributed by atoms with E-state index in [2.05, 4.69) is 36.2 Å². The predicted molar refractivity (Wildman–Crippen MR) is 68.2 cm³/mol. The van der Waals surface area contributed by atoms with E-state index in [1.165, 1.54) is 6.33 Å². The van der Waals surface area contributed by atoms with E-state index in [1.807, 2.05) is 0 Å². The molecule has 5 nitrogen and oxygen atoms in total. The van der Waals surface area contributed by atoms with Crippen LogP contribution >= 0.6 is 0 Å². The molecule has 0 bridgehead atoms. The number of nitrogens with zero attached hydrogens (tertiary/aromatic N) is 2. The molecule has 18 heavy (non-hydrogen) atoms. The van der Waals surface area contributed by atoms with Gasteiger partial charge in [0, 0.05) is 31.0 Å². The van der Waals surface area contributed by atoms with E-state index in [4.69, 9.17) is 9.26 Å². The second-order valence-electron chi connectivity index (χ2n) is 5.13. The molecule has 3 atom stereocenters. The summed E-state index contributed by atoms with van der Waals surface area (Å²) in [6.45, 7) is 8.28. The minimum atomic E-state index is 0.255. The lowest BCUT2D eigenvalue weighted by Crippen LogP contribution is -2.62. The average molecular weight is 253 g/mol. The predicted octanol–water partition coefficient (Wildman–Crippen LogP) is 1.80. The van der Waals surface area contributed by atoms with Crippen molar-refractivity contribution in [3.05, 3.63) is 12.2 Å². The Labute approximate surface area is 108 Å². The van der Waals surface area contributed by atoms with Gasteiger partial charge in [-0.25, -0.2) is 0 Å². The molecule has 0 aliphatic heterocycles. The second kappa shape index (κ2) is 5.80. The van der Waals surface area contributed by atoms with Crippen molar-refractivity contribution in [2.24, 2.45) is 5.41 Å². The highest BCUT2D eigenvalue weighted by atomic mass is 16.5. The summed E-state index contributed by atoms with van der Waals surface area (Å²) in [6, 6.07) is 0.530. The molecule has 0 aromatic carbocycles. The van der Waals surface area contributed by atoms with Crippen LogP contribution in [0.15, 0.2) is 10.9 Å². The molecule has 1 aliphatic rings. The molecule has 0 spiro atoms. The van der Waals surface area contributed by atoms with Crippen LogP contribution in [0.5, 0.6) is 0 Å². The molecule has 0 saturated heterocycles. The van der Waals surface area contributed by atoms with Crippen molar-refractivity contribution in [2.45, 2.75) is 52.2 Å². The lowest BCUT2D eigenvalue weighted by atomic mass is 9.61. The Morgan fingerprint density at radius 1 is 1.56 bits per heavy atom. The zero-order valence-corrected chi connectivity index (χ0v) is 11.5. The molecule has 1 aromatic rings. The van der Waals surface area contributed by atoms with Crippen LogP contribution in [-0.4, -0.2) is 35.4 Å². The first kappa shape index (κ1) is 13.5. The number of hydrogen-bond acceptors (Lipinski definition) is 5. The van der Waals surface area contributed by atoms with Crippen LogP contribution in [0.2, 0.25) is 0 Å². The highest BCUT2D eigenvalue weighted by molar-refractivity contribution is 5.04. The third-order valence-electron chi connectivity index (χ3n) is 4.25. The van der Waals surface area contributed by atoms with Crippen molar-refractivity contribution in [3.63, 3.8) is 0 Å². The van der Waals surface area contributed by atoms with Crippen molar-refractivity contribution in [1.82, 2.24) is 15.5 Å². The van der Waals surface area contributed by atoms with Crippen molar-refractivity contribution >= 4 is 0 Å². The van der Waals surface area contributed by atoms with Crippen LogP contribution in [-0.2, 0) is 11.2 Å². The van der Waals surface area contributed by atoms with Gasteiger partial charge in [-0.1, -0.05) is 19.0 Å². The first-order chi connectivity index (χ1) is 8.70. The summed E-state index contributed by atoms with van der Waals surface area (Å²) in [4.78, 5) is 4.02. The van der Waals surface area contributed by atoms with E-state index >= 15 is 0 Å². The van der Waals surface area contributed by atoms with Crippen LogP contribution in [0.3, 0.4) is 0 Å². The summed E-state index contributed by atoms with van der Waals surface area (Å²) in [6.07, 6.45) is 4.86. The Balaban J connectivity index is 1.76. The molecule has 102 valence electrons. The Kier molecular flexibility index (Phi) is 4.35. The Bertz CT molecular complexity index is 355. The van der Waals surface area contributed by atoms with Gasteiger partial charge in [0.15, 0.2) is 6.33 Å². The maximum atomic E-state index is 5.79. The quantitative estimate of drug-likeness (QED) is 0.803. The summed E-state index contributed by atoms with van der Waals surface area (Å²) in [5.74, 6) is 0.696. The zero-order valence-electron chi connectivity index (χ0n) is 11.5. The van der Waals surface area contributed by atoms with E-state index < -0.39 is 0 Å². The molecule has 3 unspecified atom stereocenters. The SMILES string of the molecule is CCOC1CC(NCCc2ncno2)C1(C)CC. The van der Waals surface area contributed by atoms with Crippen LogP contribution in [0.4, 0.5) is 0 Å². The Hall–Kier alpha value is -0.940. The van der Waals surface area contributed by atoms with Gasteiger partial charge in [-0.05, 0) is 19.8 Å². The van der Waals surface area contributed by atoms with Gasteiger partial charge in [0.05, 0.1) is 6.10 Å². The Morgan fingerprint density at radius 3 is 3.00 bits per heavy atom. The van der Waals surface area contributed by atoms with Crippen LogP contribution in [0.1, 0.15) is 39.5 Å². The first-order valence-corrected chi connectivity index (χ1v) is 6.81. The molecule has 1 saturated carbocycles. The molecule has 1 aromatic heterocycles. The second-order valence-corrected chi connectivity index (χ2v) is 5.13. The lowest BCUT2D eigenvalue weighted by molar-refractivity contribution is -0.125. The molecule has 5 heteroatoms. The molecule has 0 amide bonds. The monoisotopic (exact) mass is 253 g/mol. The van der Waals surface area contributed by atoms with E-state index in [0.717, 1.165) is 32.4 Å². The third kappa shape index (κ3) is 2.57. The summed E-state index contributed by atoms with van der Waals surface area (Å²) in [5, 5.41) is 7.18. The molecular weight excluding hydrogens is 230 g/mol. The van der Waals surface area contributed by atoms with E-state index in [0.29, 0.717) is 18.0 Å². The van der Waals surface area contributed by atoms with E-state index in [1.54, 1.807) is 0 Å². The Morgan fingerprint density at radius 2 is 2.39 bits per heavy atom. The van der Waals surface area contributed by atoms with Crippen LogP contribution in [0.25, 0.3) is 0 Å². The minimum Gasteiger partial charge on any atom is -0.378 e. The number of hydrogen-bond donors (Lipinski definition) is 1. The fraction of sp³-hybridized carbons (Fsp3) is 0.846. The zero-order chi connectivity index (χ0) is 13.0. The van der Waals surface area contributed by atoms with Crippen LogP contribution in [0, 0.1) is 5.41 Å². The van der Waals surface area contributed by atoms with Crippen molar-refractivity contribution in [2.75, 3.05) is 13.2 Å². The molecule has 1 fully saturated rings. The summed E-state index contributed by atoms with van der Waals surface area (Å²) in [7, 11) is 0. The smallest absolute Gasteiger partial charge is 0.227 e. The van der Waals surface area contributed by atoms with E-state index in [9.17, 15) is 0 Å². The fourth-order valence-corrected chi connectivity index (χ4v) is 2.73. The van der Waals surface area contributed by atoms with Gasteiger partial charge in [-0.2, -0.15) is 4.98 Å². The average Bonchev–Trinajstić information content (AvgIpc) is 2.89. The van der Waals surface area contributed by atoms with Crippen molar-refractivity contribution < 1.29 is 9.26 Å². The van der Waals surface area contributed by atoms with Crippen molar-refractivity contribution in [1.29, 1.82) is 0 Å².